The summed E-state index contributed by atoms with van der Waals surface area (Å²) in [4.78, 5) is 6.96. The minimum absolute atomic E-state index is 0.541. The van der Waals surface area contributed by atoms with E-state index in [1.54, 1.807) is 0 Å². The second-order valence-electron chi connectivity index (χ2n) is 7.35. The van der Waals surface area contributed by atoms with Crippen LogP contribution in [0.5, 0.6) is 0 Å². The van der Waals surface area contributed by atoms with Crippen LogP contribution < -0.4 is 10.6 Å². The molecule has 1 aliphatic rings. The first-order valence-corrected chi connectivity index (χ1v) is 9.32. The van der Waals surface area contributed by atoms with E-state index < -0.39 is 0 Å². The Kier molecular flexibility index (Phi) is 7.57. The molecular formula is C20H34N4. The van der Waals surface area contributed by atoms with Gasteiger partial charge in [0.15, 0.2) is 5.96 Å². The zero-order valence-electron chi connectivity index (χ0n) is 15.8. The van der Waals surface area contributed by atoms with Gasteiger partial charge >= 0.3 is 0 Å². The smallest absolute Gasteiger partial charge is 0.191 e. The SMILES string of the molecule is CN=C(NCCc1ccc(C)cc1)NC1CCN(CC(C)C)CC1. The molecule has 0 spiro atoms. The zero-order valence-corrected chi connectivity index (χ0v) is 15.8. The van der Waals surface area contributed by atoms with E-state index in [2.05, 4.69) is 65.6 Å². The maximum atomic E-state index is 4.38. The summed E-state index contributed by atoms with van der Waals surface area (Å²) >= 11 is 0. The molecule has 1 aromatic carbocycles. The zero-order chi connectivity index (χ0) is 17.4. The maximum absolute atomic E-state index is 4.38. The van der Waals surface area contributed by atoms with Gasteiger partial charge < -0.3 is 15.5 Å². The predicted octanol–water partition coefficient (Wildman–Crippen LogP) is 2.82. The van der Waals surface area contributed by atoms with Gasteiger partial charge in [0, 0.05) is 39.3 Å². The highest BCUT2D eigenvalue weighted by Crippen LogP contribution is 2.12. The van der Waals surface area contributed by atoms with Crippen LogP contribution in [0, 0.1) is 12.8 Å². The minimum Gasteiger partial charge on any atom is -0.356 e. The fourth-order valence-electron chi connectivity index (χ4n) is 3.24. The van der Waals surface area contributed by atoms with E-state index in [1.165, 1.54) is 43.6 Å². The molecule has 1 saturated heterocycles. The number of piperidine rings is 1. The van der Waals surface area contributed by atoms with Gasteiger partial charge in [-0.25, -0.2) is 0 Å². The summed E-state index contributed by atoms with van der Waals surface area (Å²) in [6, 6.07) is 9.30. The lowest BCUT2D eigenvalue weighted by Crippen LogP contribution is -2.49. The highest BCUT2D eigenvalue weighted by atomic mass is 15.2. The third-order valence-corrected chi connectivity index (χ3v) is 4.60. The molecule has 0 unspecified atom stereocenters. The van der Waals surface area contributed by atoms with Crippen LogP contribution in [0.2, 0.25) is 0 Å². The first-order chi connectivity index (χ1) is 11.6. The lowest BCUT2D eigenvalue weighted by atomic mass is 10.0. The standard InChI is InChI=1S/C20H34N4/c1-16(2)15-24-13-10-19(11-14-24)23-20(21-4)22-12-9-18-7-5-17(3)6-8-18/h5-8,16,19H,9-15H2,1-4H3,(H2,21,22,23). The van der Waals surface area contributed by atoms with Crippen molar-refractivity contribution < 1.29 is 0 Å². The number of nitrogens with one attached hydrogen (secondary N) is 2. The monoisotopic (exact) mass is 330 g/mol. The molecule has 1 aliphatic heterocycles. The molecule has 1 heterocycles. The number of hydrogen-bond acceptors (Lipinski definition) is 2. The van der Waals surface area contributed by atoms with Crippen LogP contribution in [-0.4, -0.2) is 50.1 Å². The first-order valence-electron chi connectivity index (χ1n) is 9.32. The van der Waals surface area contributed by atoms with Crippen molar-refractivity contribution in [3.8, 4) is 0 Å². The average Bonchev–Trinajstić information content (AvgIpc) is 2.57. The summed E-state index contributed by atoms with van der Waals surface area (Å²) in [7, 11) is 1.86. The summed E-state index contributed by atoms with van der Waals surface area (Å²) in [5.74, 6) is 1.69. The number of aliphatic imine (C=N–C) groups is 1. The molecule has 0 radical (unpaired) electrons. The maximum Gasteiger partial charge on any atom is 0.191 e. The quantitative estimate of drug-likeness (QED) is 0.622. The van der Waals surface area contributed by atoms with Crippen molar-refractivity contribution in [3.05, 3.63) is 35.4 Å². The number of aryl methyl sites for hydroxylation is 1. The van der Waals surface area contributed by atoms with Crippen molar-refractivity contribution in [2.45, 2.75) is 46.1 Å². The van der Waals surface area contributed by atoms with Crippen LogP contribution >= 0.6 is 0 Å². The van der Waals surface area contributed by atoms with Gasteiger partial charge in [-0.05, 0) is 37.7 Å². The third-order valence-electron chi connectivity index (χ3n) is 4.60. The van der Waals surface area contributed by atoms with Crippen LogP contribution in [0.4, 0.5) is 0 Å². The Morgan fingerprint density at radius 3 is 2.46 bits per heavy atom. The number of rotatable bonds is 6. The number of benzene rings is 1. The van der Waals surface area contributed by atoms with Gasteiger partial charge in [-0.15, -0.1) is 0 Å². The molecule has 0 saturated carbocycles. The van der Waals surface area contributed by atoms with E-state index in [9.17, 15) is 0 Å². The topological polar surface area (TPSA) is 39.7 Å². The molecule has 2 N–H and O–H groups in total. The number of hydrogen-bond donors (Lipinski definition) is 2. The van der Waals surface area contributed by atoms with Gasteiger partial charge in [-0.1, -0.05) is 43.7 Å². The number of nitrogens with zero attached hydrogens (tertiary/aromatic N) is 2. The summed E-state index contributed by atoms with van der Waals surface area (Å²) in [5, 5.41) is 7.04. The molecule has 134 valence electrons. The summed E-state index contributed by atoms with van der Waals surface area (Å²) in [6.07, 6.45) is 3.42. The summed E-state index contributed by atoms with van der Waals surface area (Å²) in [5.41, 5.74) is 2.68. The van der Waals surface area contributed by atoms with Crippen molar-refractivity contribution in [3.63, 3.8) is 0 Å². The van der Waals surface area contributed by atoms with E-state index >= 15 is 0 Å². The molecule has 24 heavy (non-hydrogen) atoms. The van der Waals surface area contributed by atoms with Crippen LogP contribution in [-0.2, 0) is 6.42 Å². The van der Waals surface area contributed by atoms with Crippen LogP contribution in [0.15, 0.2) is 29.3 Å². The lowest BCUT2D eigenvalue weighted by molar-refractivity contribution is 0.187. The molecule has 0 bridgehead atoms. The van der Waals surface area contributed by atoms with E-state index in [4.69, 9.17) is 0 Å². The lowest BCUT2D eigenvalue weighted by Gasteiger charge is -2.34. The summed E-state index contributed by atoms with van der Waals surface area (Å²) in [6.45, 7) is 11.2. The van der Waals surface area contributed by atoms with Gasteiger partial charge in [0.2, 0.25) is 0 Å². The predicted molar refractivity (Wildman–Crippen MR) is 104 cm³/mol. The Morgan fingerprint density at radius 1 is 1.21 bits per heavy atom. The number of likely N-dealkylation sites (tertiary alicyclic amines) is 1. The molecule has 2 rings (SSSR count). The second kappa shape index (κ2) is 9.67. The molecule has 0 atom stereocenters. The molecule has 4 nitrogen and oxygen atoms in total. The fourth-order valence-corrected chi connectivity index (χ4v) is 3.24. The highest BCUT2D eigenvalue weighted by molar-refractivity contribution is 5.79. The van der Waals surface area contributed by atoms with E-state index in [0.29, 0.717) is 6.04 Å². The summed E-state index contributed by atoms with van der Waals surface area (Å²) < 4.78 is 0. The molecule has 4 heteroatoms. The van der Waals surface area contributed by atoms with E-state index in [-0.39, 0.29) is 0 Å². The van der Waals surface area contributed by atoms with Crippen LogP contribution in [0.1, 0.15) is 37.8 Å². The van der Waals surface area contributed by atoms with E-state index in [1.807, 2.05) is 7.05 Å². The van der Waals surface area contributed by atoms with E-state index in [0.717, 1.165) is 24.8 Å². The minimum atomic E-state index is 0.541. The highest BCUT2D eigenvalue weighted by Gasteiger charge is 2.20. The van der Waals surface area contributed by atoms with Gasteiger partial charge in [-0.3, -0.25) is 4.99 Å². The molecule has 0 amide bonds. The first kappa shape index (κ1) is 18.8. The van der Waals surface area contributed by atoms with Gasteiger partial charge in [0.1, 0.15) is 0 Å². The third kappa shape index (κ3) is 6.52. The molecule has 1 aromatic rings. The second-order valence-corrected chi connectivity index (χ2v) is 7.35. The molecule has 0 aliphatic carbocycles. The van der Waals surface area contributed by atoms with Gasteiger partial charge in [-0.2, -0.15) is 0 Å². The Balaban J connectivity index is 1.68. The van der Waals surface area contributed by atoms with Crippen molar-refractivity contribution in [2.24, 2.45) is 10.9 Å². The largest absolute Gasteiger partial charge is 0.356 e. The Labute approximate surface area is 147 Å². The normalized spacial score (nSPS) is 17.3. The van der Waals surface area contributed by atoms with Crippen molar-refractivity contribution >= 4 is 5.96 Å². The number of guanidine groups is 1. The average molecular weight is 331 g/mol. The molecular weight excluding hydrogens is 296 g/mol. The Morgan fingerprint density at radius 2 is 1.88 bits per heavy atom. The Hall–Kier alpha value is -1.55. The van der Waals surface area contributed by atoms with Crippen LogP contribution in [0.3, 0.4) is 0 Å². The van der Waals surface area contributed by atoms with Gasteiger partial charge in [0.05, 0.1) is 0 Å². The van der Waals surface area contributed by atoms with Crippen LogP contribution in [0.25, 0.3) is 0 Å². The van der Waals surface area contributed by atoms with Crippen molar-refractivity contribution in [1.29, 1.82) is 0 Å². The molecule has 0 aromatic heterocycles. The van der Waals surface area contributed by atoms with Gasteiger partial charge in [0.25, 0.3) is 0 Å². The Bertz CT molecular complexity index is 499. The molecule has 1 fully saturated rings. The fraction of sp³-hybridized carbons (Fsp3) is 0.650. The van der Waals surface area contributed by atoms with Crippen molar-refractivity contribution in [1.82, 2.24) is 15.5 Å². The van der Waals surface area contributed by atoms with Crippen molar-refractivity contribution in [2.75, 3.05) is 33.2 Å².